The lowest BCUT2D eigenvalue weighted by molar-refractivity contribution is 0.300. The van der Waals surface area contributed by atoms with Gasteiger partial charge in [-0.05, 0) is 56.2 Å². The highest BCUT2D eigenvalue weighted by molar-refractivity contribution is 7.98. The fraction of sp³-hybridized carbons (Fsp3) is 0.450. The van der Waals surface area contributed by atoms with Crippen LogP contribution in [0.1, 0.15) is 36.7 Å². The number of halogens is 1. The number of aromatic nitrogens is 1. The van der Waals surface area contributed by atoms with Gasteiger partial charge in [0.15, 0.2) is 0 Å². The topological polar surface area (TPSA) is 31.2 Å². The number of ether oxygens (including phenoxy) is 1. The van der Waals surface area contributed by atoms with E-state index >= 15 is 0 Å². The first-order chi connectivity index (χ1) is 12.1. The van der Waals surface area contributed by atoms with Crippen molar-refractivity contribution < 1.29 is 9.13 Å². The summed E-state index contributed by atoms with van der Waals surface area (Å²) >= 11 is 1.65. The Morgan fingerprint density at radius 2 is 2.04 bits per heavy atom. The summed E-state index contributed by atoms with van der Waals surface area (Å²) in [5.41, 5.74) is 2.76. The molecule has 1 aliphatic heterocycles. The smallest absolute Gasteiger partial charge is 0.253 e. The van der Waals surface area contributed by atoms with Crippen LogP contribution in [-0.4, -0.2) is 17.4 Å². The van der Waals surface area contributed by atoms with E-state index in [1.165, 1.54) is 12.8 Å². The largest absolute Gasteiger partial charge is 0.493 e. The molecule has 2 heterocycles. The second kappa shape index (κ2) is 6.52. The Balaban J connectivity index is 1.87. The number of alkyl halides is 1. The second-order valence-electron chi connectivity index (χ2n) is 6.96. The van der Waals surface area contributed by atoms with Crippen LogP contribution in [-0.2, 0) is 6.54 Å². The van der Waals surface area contributed by atoms with Crippen LogP contribution >= 0.6 is 11.8 Å². The first-order valence-corrected chi connectivity index (χ1v) is 10.0. The number of pyridine rings is 1. The maximum absolute atomic E-state index is 14.6. The average Bonchev–Trinajstić information content (AvgIpc) is 3.37. The van der Waals surface area contributed by atoms with E-state index in [4.69, 9.17) is 4.74 Å². The van der Waals surface area contributed by atoms with Crippen LogP contribution < -0.4 is 10.3 Å². The molecule has 0 amide bonds. The van der Waals surface area contributed by atoms with Crippen LogP contribution in [0.2, 0.25) is 0 Å². The quantitative estimate of drug-likeness (QED) is 0.722. The van der Waals surface area contributed by atoms with Crippen LogP contribution in [0.3, 0.4) is 0 Å². The van der Waals surface area contributed by atoms with Crippen molar-refractivity contribution in [2.75, 3.05) is 12.9 Å². The molecule has 0 spiro atoms. The lowest BCUT2D eigenvalue weighted by atomic mass is 9.99. The lowest BCUT2D eigenvalue weighted by Gasteiger charge is -2.17. The van der Waals surface area contributed by atoms with Crippen molar-refractivity contribution in [3.8, 4) is 16.9 Å². The molecule has 1 unspecified atom stereocenters. The molecule has 1 atom stereocenters. The molecule has 1 aliphatic carbocycles. The highest BCUT2D eigenvalue weighted by atomic mass is 32.2. The van der Waals surface area contributed by atoms with Crippen molar-refractivity contribution in [1.29, 1.82) is 0 Å². The number of benzene rings is 1. The Kier molecular flexibility index (Phi) is 4.36. The number of hydrogen-bond donors (Lipinski definition) is 0. The molecule has 5 heteroatoms. The molecule has 0 radical (unpaired) electrons. The van der Waals surface area contributed by atoms with Gasteiger partial charge in [-0.15, -0.1) is 11.8 Å². The molecule has 25 heavy (non-hydrogen) atoms. The maximum atomic E-state index is 14.6. The van der Waals surface area contributed by atoms with Gasteiger partial charge < -0.3 is 9.30 Å². The number of rotatable bonds is 5. The third kappa shape index (κ3) is 3.10. The normalized spacial score (nSPS) is 19.1. The van der Waals surface area contributed by atoms with Gasteiger partial charge in [-0.1, -0.05) is 0 Å². The van der Waals surface area contributed by atoms with E-state index in [0.717, 1.165) is 21.8 Å². The van der Waals surface area contributed by atoms with E-state index < -0.39 is 6.17 Å². The molecule has 1 fully saturated rings. The molecule has 1 aromatic heterocycles. The summed E-state index contributed by atoms with van der Waals surface area (Å²) in [7, 11) is 0. The van der Waals surface area contributed by atoms with Gasteiger partial charge >= 0.3 is 0 Å². The monoisotopic (exact) mass is 359 g/mol. The zero-order valence-electron chi connectivity index (χ0n) is 14.5. The second-order valence-corrected chi connectivity index (χ2v) is 7.84. The molecule has 0 saturated heterocycles. The van der Waals surface area contributed by atoms with Gasteiger partial charge in [-0.3, -0.25) is 4.79 Å². The average molecular weight is 359 g/mol. The third-order valence-electron chi connectivity index (χ3n) is 5.06. The van der Waals surface area contributed by atoms with Crippen molar-refractivity contribution >= 4 is 11.8 Å². The summed E-state index contributed by atoms with van der Waals surface area (Å²) in [5, 5.41) is 0. The molecular formula is C20H22FNO2S. The van der Waals surface area contributed by atoms with Crippen molar-refractivity contribution in [3.63, 3.8) is 0 Å². The molecule has 1 saturated carbocycles. The minimum absolute atomic E-state index is 0.0830. The first-order valence-electron chi connectivity index (χ1n) is 8.78. The standard InChI is InChI=1S/C20H22FNO2S/c1-12-9-16(19-17(21)7-8-22(19)20(12)23)15-10-14(25-2)5-6-18(15)24-11-13-3-4-13/h5-6,9-10,13,17H,3-4,7-8,11H2,1-2H3. The van der Waals surface area contributed by atoms with Crippen molar-refractivity contribution in [3.05, 3.63) is 45.9 Å². The molecule has 4 rings (SSSR count). The molecule has 2 aliphatic rings. The van der Waals surface area contributed by atoms with Crippen LogP contribution in [0.4, 0.5) is 4.39 Å². The van der Waals surface area contributed by atoms with Crippen LogP contribution in [0.25, 0.3) is 11.1 Å². The predicted octanol–water partition coefficient (Wildman–Crippen LogP) is 4.75. The number of hydrogen-bond acceptors (Lipinski definition) is 3. The zero-order valence-corrected chi connectivity index (χ0v) is 15.4. The summed E-state index contributed by atoms with van der Waals surface area (Å²) in [4.78, 5) is 13.5. The van der Waals surface area contributed by atoms with Gasteiger partial charge in [0, 0.05) is 34.6 Å². The third-order valence-corrected chi connectivity index (χ3v) is 5.79. The van der Waals surface area contributed by atoms with Gasteiger partial charge in [0.25, 0.3) is 5.56 Å². The van der Waals surface area contributed by atoms with Crippen molar-refractivity contribution in [1.82, 2.24) is 4.57 Å². The SMILES string of the molecule is CSc1ccc(OCC2CC2)c(-c2cc(C)c(=O)n3c2C(F)CC3)c1. The fourth-order valence-corrected chi connectivity index (χ4v) is 3.88. The van der Waals surface area contributed by atoms with Crippen LogP contribution in [0, 0.1) is 12.8 Å². The zero-order chi connectivity index (χ0) is 17.6. The summed E-state index contributed by atoms with van der Waals surface area (Å²) in [5.74, 6) is 1.43. The minimum Gasteiger partial charge on any atom is -0.493 e. The van der Waals surface area contributed by atoms with Gasteiger partial charge in [-0.2, -0.15) is 0 Å². The molecule has 2 aromatic rings. The Bertz CT molecular complexity index is 873. The van der Waals surface area contributed by atoms with Gasteiger partial charge in [0.2, 0.25) is 0 Å². The van der Waals surface area contributed by atoms with E-state index in [2.05, 4.69) is 6.07 Å². The Morgan fingerprint density at radius 3 is 2.76 bits per heavy atom. The molecule has 0 bridgehead atoms. The Labute approximate surface area is 151 Å². The molecule has 3 nitrogen and oxygen atoms in total. The van der Waals surface area contributed by atoms with Crippen molar-refractivity contribution in [2.45, 2.75) is 43.8 Å². The van der Waals surface area contributed by atoms with Gasteiger partial charge in [0.05, 0.1) is 12.3 Å². The molecule has 132 valence electrons. The molecular weight excluding hydrogens is 337 g/mol. The predicted molar refractivity (Wildman–Crippen MR) is 99.3 cm³/mol. The molecule has 0 N–H and O–H groups in total. The summed E-state index contributed by atoms with van der Waals surface area (Å²) in [6.07, 6.45) is 3.73. The maximum Gasteiger partial charge on any atom is 0.253 e. The van der Waals surface area contributed by atoms with Crippen LogP contribution in [0.5, 0.6) is 5.75 Å². The van der Waals surface area contributed by atoms with E-state index in [0.29, 0.717) is 36.7 Å². The summed E-state index contributed by atoms with van der Waals surface area (Å²) < 4.78 is 22.3. The van der Waals surface area contributed by atoms with E-state index in [1.54, 1.807) is 23.3 Å². The lowest BCUT2D eigenvalue weighted by Crippen LogP contribution is -2.22. The number of fused-ring (bicyclic) bond motifs is 1. The number of aryl methyl sites for hydroxylation is 1. The van der Waals surface area contributed by atoms with Crippen molar-refractivity contribution in [2.24, 2.45) is 5.92 Å². The van der Waals surface area contributed by atoms with E-state index in [-0.39, 0.29) is 5.56 Å². The Hall–Kier alpha value is -1.75. The van der Waals surface area contributed by atoms with Gasteiger partial charge in [0.1, 0.15) is 11.9 Å². The van der Waals surface area contributed by atoms with E-state index in [9.17, 15) is 9.18 Å². The number of nitrogens with zero attached hydrogens (tertiary/aromatic N) is 1. The van der Waals surface area contributed by atoms with E-state index in [1.807, 2.05) is 24.5 Å². The number of thioether (sulfide) groups is 1. The Morgan fingerprint density at radius 1 is 1.24 bits per heavy atom. The first kappa shape index (κ1) is 16.7. The highest BCUT2D eigenvalue weighted by Gasteiger charge is 2.29. The van der Waals surface area contributed by atoms with Gasteiger partial charge in [-0.25, -0.2) is 4.39 Å². The fourth-order valence-electron chi connectivity index (χ4n) is 3.44. The summed E-state index contributed by atoms with van der Waals surface area (Å²) in [6.45, 7) is 2.96. The minimum atomic E-state index is -1.10. The molecule has 1 aromatic carbocycles. The summed E-state index contributed by atoms with van der Waals surface area (Å²) in [6, 6.07) is 7.89. The van der Waals surface area contributed by atoms with Crippen LogP contribution in [0.15, 0.2) is 34.0 Å². The highest BCUT2D eigenvalue weighted by Crippen LogP contribution is 2.42.